The molecular weight excluding hydrogens is 330 g/mol. The van der Waals surface area contributed by atoms with E-state index >= 15 is 0 Å². The van der Waals surface area contributed by atoms with Crippen molar-refractivity contribution in [2.45, 2.75) is 110 Å². The van der Waals surface area contributed by atoms with E-state index < -0.39 is 16.6 Å². The van der Waals surface area contributed by atoms with Crippen molar-refractivity contribution in [3.63, 3.8) is 0 Å². The summed E-state index contributed by atoms with van der Waals surface area (Å²) >= 11 is 0. The van der Waals surface area contributed by atoms with Gasteiger partial charge in [0, 0.05) is 6.04 Å². The van der Waals surface area contributed by atoms with Crippen LogP contribution in [0, 0.1) is 5.92 Å². The average Bonchev–Trinajstić information content (AvgIpc) is 2.35. The zero-order valence-corrected chi connectivity index (χ0v) is 19.8. The molecule has 1 N–H and O–H groups in total. The summed E-state index contributed by atoms with van der Waals surface area (Å²) in [6.45, 7) is 22.8. The molecule has 1 saturated carbocycles. The highest BCUT2D eigenvalue weighted by Crippen LogP contribution is 2.39. The average molecular weight is 372 g/mol. The fraction of sp³-hybridized carbons (Fsp3) is 0.947. The lowest BCUT2D eigenvalue weighted by Crippen LogP contribution is -2.57. The molecule has 0 aromatic rings. The van der Waals surface area contributed by atoms with E-state index in [1.807, 2.05) is 0 Å². The van der Waals surface area contributed by atoms with Gasteiger partial charge in [-0.1, -0.05) is 54.6 Å². The van der Waals surface area contributed by atoms with Crippen LogP contribution in [0.2, 0.25) is 36.3 Å². The first-order chi connectivity index (χ1) is 10.6. The van der Waals surface area contributed by atoms with Crippen LogP contribution in [0.4, 0.5) is 0 Å². The Bertz CT molecular complexity index is 439. The minimum Gasteiger partial charge on any atom is -0.519 e. The van der Waals surface area contributed by atoms with Gasteiger partial charge in [0.1, 0.15) is 8.24 Å². The number of nitrogens with one attached hydrogen (secondary N) is 1. The minimum absolute atomic E-state index is 0.0624. The molecule has 0 unspecified atom stereocenters. The first-order valence-corrected chi connectivity index (χ1v) is 15.5. The summed E-state index contributed by atoms with van der Waals surface area (Å²) in [6, 6.07) is 0.572. The minimum atomic E-state index is -1.99. The van der Waals surface area contributed by atoms with Gasteiger partial charge in [0.05, 0.1) is 5.92 Å². The maximum absolute atomic E-state index is 12.6. The van der Waals surface area contributed by atoms with Crippen LogP contribution < -0.4 is 4.98 Å². The predicted octanol–water partition coefficient (Wildman–Crippen LogP) is 5.69. The number of rotatable bonds is 4. The molecule has 0 atom stereocenters. The fourth-order valence-corrected chi connectivity index (χ4v) is 5.41. The summed E-state index contributed by atoms with van der Waals surface area (Å²) in [7, 11) is -3.45. The van der Waals surface area contributed by atoms with Crippen LogP contribution in [0.15, 0.2) is 0 Å². The van der Waals surface area contributed by atoms with Gasteiger partial charge in [0.25, 0.3) is 14.3 Å². The number of hydrogen-bond donors (Lipinski definition) is 1. The van der Waals surface area contributed by atoms with Crippen LogP contribution in [-0.2, 0) is 9.22 Å². The van der Waals surface area contributed by atoms with Gasteiger partial charge in [-0.05, 0) is 48.9 Å². The molecule has 0 radical (unpaired) electrons. The largest absolute Gasteiger partial charge is 0.519 e. The van der Waals surface area contributed by atoms with Crippen LogP contribution >= 0.6 is 0 Å². The molecule has 1 aliphatic rings. The summed E-state index contributed by atoms with van der Waals surface area (Å²) in [5, 5.41) is 0.439. The van der Waals surface area contributed by atoms with E-state index in [9.17, 15) is 4.79 Å². The van der Waals surface area contributed by atoms with Gasteiger partial charge in [-0.3, -0.25) is 4.79 Å². The summed E-state index contributed by atoms with van der Waals surface area (Å²) in [5.41, 5.74) is 0. The monoisotopic (exact) mass is 371 g/mol. The lowest BCUT2D eigenvalue weighted by molar-refractivity contribution is -0.141. The Hall–Kier alpha value is -0.136. The molecule has 0 aromatic heterocycles. The molecular formula is C19H41NO2Si2. The van der Waals surface area contributed by atoms with E-state index in [-0.39, 0.29) is 16.9 Å². The van der Waals surface area contributed by atoms with E-state index in [1.165, 1.54) is 0 Å². The second-order valence-electron chi connectivity index (χ2n) is 10.7. The SMILES string of the molecule is CC(C)(C)[Si](C)(C)NC1CCC(C(=O)O[Si](C)(C)C(C)(C)C)CC1. The molecule has 0 bridgehead atoms. The van der Waals surface area contributed by atoms with E-state index in [2.05, 4.69) is 72.7 Å². The van der Waals surface area contributed by atoms with Crippen molar-refractivity contribution in [3.05, 3.63) is 0 Å². The van der Waals surface area contributed by atoms with E-state index in [1.54, 1.807) is 0 Å². The summed E-state index contributed by atoms with van der Waals surface area (Å²) in [5.74, 6) is 0.170. The Morgan fingerprint density at radius 2 is 1.33 bits per heavy atom. The van der Waals surface area contributed by atoms with Gasteiger partial charge in [0.2, 0.25) is 0 Å². The third kappa shape index (κ3) is 5.43. The van der Waals surface area contributed by atoms with Crippen molar-refractivity contribution >= 4 is 22.5 Å². The highest BCUT2D eigenvalue weighted by atomic mass is 28.4. The molecule has 1 aliphatic carbocycles. The number of carbonyl (C=O) groups is 1. The Morgan fingerprint density at radius 1 is 0.875 bits per heavy atom. The summed E-state index contributed by atoms with van der Waals surface area (Å²) < 4.78 is 6.02. The second kappa shape index (κ2) is 7.24. The molecule has 0 aliphatic heterocycles. The Labute approximate surface area is 152 Å². The topological polar surface area (TPSA) is 38.3 Å². The van der Waals surface area contributed by atoms with Crippen LogP contribution in [0.1, 0.15) is 67.2 Å². The van der Waals surface area contributed by atoms with Crippen molar-refractivity contribution in [3.8, 4) is 0 Å². The quantitative estimate of drug-likeness (QED) is 0.645. The van der Waals surface area contributed by atoms with Crippen LogP contribution in [0.5, 0.6) is 0 Å². The van der Waals surface area contributed by atoms with Crippen molar-refractivity contribution in [2.75, 3.05) is 0 Å². The van der Waals surface area contributed by atoms with Crippen molar-refractivity contribution < 1.29 is 9.22 Å². The van der Waals surface area contributed by atoms with Gasteiger partial charge in [-0.15, -0.1) is 0 Å². The maximum Gasteiger partial charge on any atom is 0.295 e. The first-order valence-electron chi connectivity index (χ1n) is 9.57. The van der Waals surface area contributed by atoms with Gasteiger partial charge < -0.3 is 9.41 Å². The van der Waals surface area contributed by atoms with Crippen molar-refractivity contribution in [2.24, 2.45) is 5.92 Å². The second-order valence-corrected chi connectivity index (χ2v) is 20.5. The van der Waals surface area contributed by atoms with Crippen molar-refractivity contribution in [1.82, 2.24) is 4.98 Å². The van der Waals surface area contributed by atoms with E-state index in [0.29, 0.717) is 11.1 Å². The fourth-order valence-electron chi connectivity index (χ4n) is 2.69. The van der Waals surface area contributed by atoms with Gasteiger partial charge in [-0.2, -0.15) is 0 Å². The van der Waals surface area contributed by atoms with Crippen LogP contribution in [0.3, 0.4) is 0 Å². The molecule has 24 heavy (non-hydrogen) atoms. The Balaban J connectivity index is 2.56. The lowest BCUT2D eigenvalue weighted by Gasteiger charge is -2.42. The Kier molecular flexibility index (Phi) is 6.60. The number of hydrogen-bond acceptors (Lipinski definition) is 3. The normalized spacial score (nSPS) is 23.9. The van der Waals surface area contributed by atoms with Crippen molar-refractivity contribution in [1.29, 1.82) is 0 Å². The van der Waals surface area contributed by atoms with Gasteiger partial charge in [-0.25, -0.2) is 0 Å². The molecule has 0 heterocycles. The molecule has 3 nitrogen and oxygen atoms in total. The third-order valence-corrected chi connectivity index (χ3v) is 15.9. The van der Waals surface area contributed by atoms with E-state index in [4.69, 9.17) is 4.43 Å². The first kappa shape index (κ1) is 21.9. The van der Waals surface area contributed by atoms with Gasteiger partial charge in [0.15, 0.2) is 0 Å². The smallest absolute Gasteiger partial charge is 0.295 e. The predicted molar refractivity (Wildman–Crippen MR) is 109 cm³/mol. The Morgan fingerprint density at radius 3 is 1.71 bits per heavy atom. The third-order valence-electron chi connectivity index (χ3n) is 6.66. The van der Waals surface area contributed by atoms with Crippen LogP contribution in [0.25, 0.3) is 0 Å². The molecule has 1 rings (SSSR count). The molecule has 0 saturated heterocycles. The molecule has 142 valence electrons. The highest BCUT2D eigenvalue weighted by Gasteiger charge is 2.43. The summed E-state index contributed by atoms with van der Waals surface area (Å²) in [6.07, 6.45) is 4.15. The highest BCUT2D eigenvalue weighted by molar-refractivity contribution is 6.77. The molecule has 1 fully saturated rings. The molecule has 0 spiro atoms. The zero-order chi connectivity index (χ0) is 19.0. The molecule has 0 amide bonds. The van der Waals surface area contributed by atoms with E-state index in [0.717, 1.165) is 25.7 Å². The lowest BCUT2D eigenvalue weighted by atomic mass is 9.87. The molecule has 5 heteroatoms. The zero-order valence-electron chi connectivity index (χ0n) is 17.8. The number of carbonyl (C=O) groups excluding carboxylic acids is 1. The summed E-state index contributed by atoms with van der Waals surface area (Å²) in [4.78, 5) is 16.6. The standard InChI is InChI=1S/C19H41NO2Si2/c1-18(2,3)23(7,8)20-16-13-11-15(12-14-16)17(21)22-24(9,10)19(4,5)6/h15-16,20H,11-14H2,1-10H3. The van der Waals surface area contributed by atoms with Crippen LogP contribution in [-0.4, -0.2) is 28.6 Å². The maximum atomic E-state index is 12.6. The molecule has 0 aromatic carbocycles. The van der Waals surface area contributed by atoms with Gasteiger partial charge >= 0.3 is 0 Å².